The summed E-state index contributed by atoms with van der Waals surface area (Å²) >= 11 is 11.8. The number of aromatic nitrogens is 1. The maximum atomic E-state index is 13.4. The molecule has 1 aromatic heterocycles. The molecule has 0 bridgehead atoms. The lowest BCUT2D eigenvalue weighted by Gasteiger charge is -2.10. The van der Waals surface area contributed by atoms with Crippen LogP contribution in [0.4, 0.5) is 10.2 Å². The average molecular weight is 302 g/mol. The molecule has 1 heterocycles. The van der Waals surface area contributed by atoms with Gasteiger partial charge in [-0.3, -0.25) is 0 Å². The molecular formula is C12H10Cl2FN3O. The average Bonchev–Trinajstić information content (AvgIpc) is 2.37. The molecule has 0 aliphatic rings. The minimum Gasteiger partial charge on any atom is -0.437 e. The standard InChI is InChI=1S/C12H10Cl2FN3O/c1-6-2-3-7(4-10(6)15)19-12-9(14)5-8(13)11(17-12)18-16/h2-5H,16H2,1H3,(H,17,18). The van der Waals surface area contributed by atoms with Crippen LogP contribution in [0.5, 0.6) is 11.6 Å². The number of halogens is 3. The van der Waals surface area contributed by atoms with E-state index in [1.165, 1.54) is 12.1 Å². The summed E-state index contributed by atoms with van der Waals surface area (Å²) in [7, 11) is 0. The van der Waals surface area contributed by atoms with Crippen LogP contribution in [-0.2, 0) is 0 Å². The van der Waals surface area contributed by atoms with E-state index in [9.17, 15) is 4.39 Å². The molecule has 0 aliphatic heterocycles. The molecule has 0 radical (unpaired) electrons. The van der Waals surface area contributed by atoms with Crippen LogP contribution in [0, 0.1) is 12.7 Å². The first kappa shape index (κ1) is 13.9. The Hall–Kier alpha value is -1.56. The molecule has 0 unspecified atom stereocenters. The van der Waals surface area contributed by atoms with Crippen molar-refractivity contribution in [1.29, 1.82) is 0 Å². The van der Waals surface area contributed by atoms with Crippen molar-refractivity contribution in [3.8, 4) is 11.6 Å². The van der Waals surface area contributed by atoms with Gasteiger partial charge < -0.3 is 10.2 Å². The highest BCUT2D eigenvalue weighted by Crippen LogP contribution is 2.33. The predicted octanol–water partition coefficient (Wildman–Crippen LogP) is 3.91. The van der Waals surface area contributed by atoms with E-state index in [1.807, 2.05) is 0 Å². The van der Waals surface area contributed by atoms with Crippen LogP contribution in [0.2, 0.25) is 10.0 Å². The van der Waals surface area contributed by atoms with Gasteiger partial charge in [0.15, 0.2) is 5.82 Å². The van der Waals surface area contributed by atoms with Crippen molar-refractivity contribution in [2.24, 2.45) is 5.84 Å². The third kappa shape index (κ3) is 3.07. The number of pyridine rings is 1. The Bertz CT molecular complexity index is 622. The number of ether oxygens (including phenoxy) is 1. The number of nitrogen functional groups attached to an aromatic ring is 1. The number of hydrogen-bond donors (Lipinski definition) is 2. The number of nitrogens with two attached hydrogens (primary N) is 1. The lowest BCUT2D eigenvalue weighted by molar-refractivity contribution is 0.458. The molecule has 3 N–H and O–H groups in total. The van der Waals surface area contributed by atoms with E-state index in [4.69, 9.17) is 33.8 Å². The van der Waals surface area contributed by atoms with E-state index >= 15 is 0 Å². The van der Waals surface area contributed by atoms with Gasteiger partial charge in [-0.2, -0.15) is 4.98 Å². The zero-order chi connectivity index (χ0) is 14.0. The van der Waals surface area contributed by atoms with Crippen molar-refractivity contribution in [1.82, 2.24) is 4.98 Å². The molecule has 4 nitrogen and oxygen atoms in total. The number of nitrogens with one attached hydrogen (secondary N) is 1. The largest absolute Gasteiger partial charge is 0.437 e. The summed E-state index contributed by atoms with van der Waals surface area (Å²) in [6, 6.07) is 5.89. The van der Waals surface area contributed by atoms with Gasteiger partial charge in [-0.1, -0.05) is 29.3 Å². The lowest BCUT2D eigenvalue weighted by Crippen LogP contribution is -2.09. The number of hydrogen-bond acceptors (Lipinski definition) is 4. The SMILES string of the molecule is Cc1ccc(Oc2nc(NN)c(Cl)cc2Cl)cc1F. The number of rotatable bonds is 3. The summed E-state index contributed by atoms with van der Waals surface area (Å²) in [5.74, 6) is 5.46. The molecular weight excluding hydrogens is 292 g/mol. The van der Waals surface area contributed by atoms with Gasteiger partial charge in [0.05, 0.1) is 5.02 Å². The van der Waals surface area contributed by atoms with Crippen LogP contribution in [-0.4, -0.2) is 4.98 Å². The van der Waals surface area contributed by atoms with Gasteiger partial charge in [0, 0.05) is 6.07 Å². The minimum atomic E-state index is -0.375. The molecule has 1 aromatic carbocycles. The quantitative estimate of drug-likeness (QED) is 0.666. The third-order valence-electron chi connectivity index (χ3n) is 2.39. The predicted molar refractivity (Wildman–Crippen MR) is 73.3 cm³/mol. The molecule has 7 heteroatoms. The molecule has 0 saturated heterocycles. The number of aryl methyl sites for hydroxylation is 1. The Kier molecular flexibility index (Phi) is 4.09. The van der Waals surface area contributed by atoms with E-state index < -0.39 is 0 Å². The lowest BCUT2D eigenvalue weighted by atomic mass is 10.2. The highest BCUT2D eigenvalue weighted by atomic mass is 35.5. The van der Waals surface area contributed by atoms with Crippen molar-refractivity contribution in [3.63, 3.8) is 0 Å². The summed E-state index contributed by atoms with van der Waals surface area (Å²) in [4.78, 5) is 3.99. The Morgan fingerprint density at radius 3 is 2.63 bits per heavy atom. The van der Waals surface area contributed by atoms with E-state index in [0.29, 0.717) is 5.56 Å². The summed E-state index contributed by atoms with van der Waals surface area (Å²) in [6.45, 7) is 1.66. The number of anilines is 1. The Labute approximate surface area is 119 Å². The second-order valence-electron chi connectivity index (χ2n) is 3.76. The highest BCUT2D eigenvalue weighted by molar-refractivity contribution is 6.36. The first-order valence-electron chi connectivity index (χ1n) is 5.28. The zero-order valence-electron chi connectivity index (χ0n) is 9.88. The van der Waals surface area contributed by atoms with Gasteiger partial charge in [0.25, 0.3) is 0 Å². The molecule has 0 fully saturated rings. The summed E-state index contributed by atoms with van der Waals surface area (Å²) < 4.78 is 18.8. The summed E-state index contributed by atoms with van der Waals surface area (Å²) in [6.07, 6.45) is 0. The second kappa shape index (κ2) is 5.61. The van der Waals surface area contributed by atoms with Gasteiger partial charge >= 0.3 is 0 Å². The van der Waals surface area contributed by atoms with Gasteiger partial charge in [0.2, 0.25) is 5.88 Å². The Morgan fingerprint density at radius 1 is 1.26 bits per heavy atom. The third-order valence-corrected chi connectivity index (χ3v) is 2.95. The van der Waals surface area contributed by atoms with Crippen molar-refractivity contribution < 1.29 is 9.13 Å². The van der Waals surface area contributed by atoms with Crippen molar-refractivity contribution in [3.05, 3.63) is 45.7 Å². The smallest absolute Gasteiger partial charge is 0.240 e. The van der Waals surface area contributed by atoms with Crippen LogP contribution >= 0.6 is 23.2 Å². The van der Waals surface area contributed by atoms with Gasteiger partial charge in [-0.15, -0.1) is 0 Å². The Balaban J connectivity index is 2.34. The second-order valence-corrected chi connectivity index (χ2v) is 4.58. The molecule has 2 rings (SSSR count). The normalized spacial score (nSPS) is 10.4. The fraction of sp³-hybridized carbons (Fsp3) is 0.0833. The van der Waals surface area contributed by atoms with Crippen molar-refractivity contribution >= 4 is 29.0 Å². The summed E-state index contributed by atoms with van der Waals surface area (Å²) in [5, 5.41) is 0.458. The molecule has 0 amide bonds. The van der Waals surface area contributed by atoms with Crippen molar-refractivity contribution in [2.75, 3.05) is 5.43 Å². The molecule has 0 aliphatic carbocycles. The minimum absolute atomic E-state index is 0.0854. The zero-order valence-corrected chi connectivity index (χ0v) is 11.4. The molecule has 0 saturated carbocycles. The monoisotopic (exact) mass is 301 g/mol. The van der Waals surface area contributed by atoms with Crippen LogP contribution in [0.3, 0.4) is 0 Å². The van der Waals surface area contributed by atoms with E-state index in [2.05, 4.69) is 10.4 Å². The van der Waals surface area contributed by atoms with Crippen LogP contribution < -0.4 is 16.0 Å². The van der Waals surface area contributed by atoms with Gasteiger partial charge in [0.1, 0.15) is 16.6 Å². The molecule has 0 spiro atoms. The molecule has 0 atom stereocenters. The van der Waals surface area contributed by atoms with Crippen LogP contribution in [0.1, 0.15) is 5.56 Å². The van der Waals surface area contributed by atoms with Gasteiger partial charge in [-0.05, 0) is 24.6 Å². The van der Waals surface area contributed by atoms with Crippen LogP contribution in [0.25, 0.3) is 0 Å². The van der Waals surface area contributed by atoms with Crippen molar-refractivity contribution in [2.45, 2.75) is 6.92 Å². The fourth-order valence-corrected chi connectivity index (χ4v) is 1.82. The molecule has 2 aromatic rings. The van der Waals surface area contributed by atoms with Crippen LogP contribution in [0.15, 0.2) is 24.3 Å². The van der Waals surface area contributed by atoms with E-state index in [-0.39, 0.29) is 33.3 Å². The number of benzene rings is 1. The number of nitrogens with zero attached hydrogens (tertiary/aromatic N) is 1. The molecule has 19 heavy (non-hydrogen) atoms. The first-order valence-corrected chi connectivity index (χ1v) is 6.03. The van der Waals surface area contributed by atoms with E-state index in [0.717, 1.165) is 0 Å². The fourth-order valence-electron chi connectivity index (χ4n) is 1.37. The van der Waals surface area contributed by atoms with E-state index in [1.54, 1.807) is 19.1 Å². The molecule has 100 valence electrons. The highest BCUT2D eigenvalue weighted by Gasteiger charge is 2.11. The maximum absolute atomic E-state index is 13.4. The van der Waals surface area contributed by atoms with Gasteiger partial charge in [-0.25, -0.2) is 10.2 Å². The number of hydrazine groups is 1. The summed E-state index contributed by atoms with van der Waals surface area (Å²) in [5.41, 5.74) is 2.83. The Morgan fingerprint density at radius 2 is 2.00 bits per heavy atom. The first-order chi connectivity index (χ1) is 9.01. The maximum Gasteiger partial charge on any atom is 0.240 e. The topological polar surface area (TPSA) is 60.2 Å².